The number of hydrazine groups is 1. The van der Waals surface area contributed by atoms with Gasteiger partial charge in [0.05, 0.1) is 11.2 Å². The predicted molar refractivity (Wildman–Crippen MR) is 68.6 cm³/mol. The topological polar surface area (TPSA) is 61.0 Å². The van der Waals surface area contributed by atoms with E-state index in [0.29, 0.717) is 10.5 Å². The lowest BCUT2D eigenvalue weighted by molar-refractivity contribution is 0.352. The van der Waals surface area contributed by atoms with Crippen molar-refractivity contribution < 1.29 is 0 Å². The molecule has 88 valence electrons. The molecule has 0 radical (unpaired) electrons. The van der Waals surface area contributed by atoms with E-state index in [9.17, 15) is 4.79 Å². The van der Waals surface area contributed by atoms with E-state index in [1.807, 2.05) is 36.5 Å². The highest BCUT2D eigenvalue weighted by atomic mass is 32.1. The normalized spacial score (nSPS) is 20.0. The first-order valence-electron chi connectivity index (χ1n) is 5.35. The molecule has 0 aliphatic carbocycles. The summed E-state index contributed by atoms with van der Waals surface area (Å²) >= 11 is 1.41. The molecule has 1 aliphatic rings. The number of hydrogen-bond acceptors (Lipinski definition) is 5. The smallest absolute Gasteiger partial charge is 0.269 e. The second kappa shape index (κ2) is 3.68. The van der Waals surface area contributed by atoms with Crippen molar-refractivity contribution in [1.29, 1.82) is 0 Å². The van der Waals surface area contributed by atoms with Gasteiger partial charge < -0.3 is 9.99 Å². The van der Waals surface area contributed by atoms with E-state index in [4.69, 9.17) is 0 Å². The maximum Gasteiger partial charge on any atom is 0.269 e. The molecule has 3 heterocycles. The van der Waals surface area contributed by atoms with Gasteiger partial charge in [0.25, 0.3) is 5.56 Å². The Balaban J connectivity index is 2.18. The third-order valence-corrected chi connectivity index (χ3v) is 3.63. The quantitative estimate of drug-likeness (QED) is 0.795. The number of H-pyrrole nitrogens is 1. The van der Waals surface area contributed by atoms with Crippen LogP contribution in [0.15, 0.2) is 22.3 Å². The van der Waals surface area contributed by atoms with Crippen LogP contribution in [0.5, 0.6) is 0 Å². The molecule has 0 bridgehead atoms. The molecule has 3 rings (SSSR count). The van der Waals surface area contributed by atoms with Gasteiger partial charge in [-0.05, 0) is 24.4 Å². The van der Waals surface area contributed by atoms with E-state index in [1.165, 1.54) is 11.3 Å². The SMILES string of the molecule is CC1C=C(c2nc3ccsc3c(=O)[nH]2)N(C)N1. The fraction of sp³-hybridized carbons (Fsp3) is 0.273. The molecule has 1 unspecified atom stereocenters. The van der Waals surface area contributed by atoms with Crippen molar-refractivity contribution in [3.8, 4) is 0 Å². The van der Waals surface area contributed by atoms with Crippen LogP contribution >= 0.6 is 11.3 Å². The maximum absolute atomic E-state index is 11.9. The number of thiophene rings is 1. The Bertz CT molecular complexity index is 657. The molecule has 2 aromatic heterocycles. The summed E-state index contributed by atoms with van der Waals surface area (Å²) in [5.41, 5.74) is 4.79. The van der Waals surface area contributed by atoms with Crippen LogP contribution in [0.1, 0.15) is 12.7 Å². The highest BCUT2D eigenvalue weighted by Crippen LogP contribution is 2.20. The summed E-state index contributed by atoms with van der Waals surface area (Å²) in [4.78, 5) is 19.1. The Morgan fingerprint density at radius 3 is 3.06 bits per heavy atom. The molecule has 17 heavy (non-hydrogen) atoms. The van der Waals surface area contributed by atoms with Gasteiger partial charge in [-0.2, -0.15) is 0 Å². The monoisotopic (exact) mass is 248 g/mol. The van der Waals surface area contributed by atoms with Crippen molar-refractivity contribution in [3.05, 3.63) is 33.7 Å². The first-order chi connectivity index (χ1) is 8.15. The molecule has 0 aromatic carbocycles. The summed E-state index contributed by atoms with van der Waals surface area (Å²) in [5, 5.41) is 3.76. The second-order valence-electron chi connectivity index (χ2n) is 4.08. The summed E-state index contributed by atoms with van der Waals surface area (Å²) in [5.74, 6) is 0.611. The number of aromatic nitrogens is 2. The third-order valence-electron chi connectivity index (χ3n) is 2.72. The van der Waals surface area contributed by atoms with Crippen LogP contribution in [0.25, 0.3) is 15.9 Å². The zero-order chi connectivity index (χ0) is 12.0. The fourth-order valence-corrected chi connectivity index (χ4v) is 2.72. The van der Waals surface area contributed by atoms with Gasteiger partial charge in [0, 0.05) is 13.1 Å². The minimum absolute atomic E-state index is 0.0751. The summed E-state index contributed by atoms with van der Waals surface area (Å²) in [6, 6.07) is 2.11. The Kier molecular flexibility index (Phi) is 2.27. The molecular weight excluding hydrogens is 236 g/mol. The highest BCUT2D eigenvalue weighted by molar-refractivity contribution is 7.17. The minimum Gasteiger partial charge on any atom is -0.308 e. The highest BCUT2D eigenvalue weighted by Gasteiger charge is 2.20. The van der Waals surface area contributed by atoms with E-state index >= 15 is 0 Å². The van der Waals surface area contributed by atoms with Gasteiger partial charge in [-0.15, -0.1) is 11.3 Å². The van der Waals surface area contributed by atoms with E-state index < -0.39 is 0 Å². The van der Waals surface area contributed by atoms with Gasteiger partial charge in [-0.25, -0.2) is 10.4 Å². The largest absolute Gasteiger partial charge is 0.308 e. The zero-order valence-electron chi connectivity index (χ0n) is 9.52. The van der Waals surface area contributed by atoms with E-state index in [2.05, 4.69) is 15.4 Å². The van der Waals surface area contributed by atoms with Crippen LogP contribution in [0.3, 0.4) is 0 Å². The molecule has 0 saturated carbocycles. The van der Waals surface area contributed by atoms with Crippen LogP contribution in [0.2, 0.25) is 0 Å². The summed E-state index contributed by atoms with van der Waals surface area (Å²) in [6.45, 7) is 2.05. The number of hydrogen-bond donors (Lipinski definition) is 2. The van der Waals surface area contributed by atoms with Crippen LogP contribution in [-0.4, -0.2) is 28.1 Å². The average molecular weight is 248 g/mol. The number of rotatable bonds is 1. The van der Waals surface area contributed by atoms with E-state index in [0.717, 1.165) is 11.2 Å². The van der Waals surface area contributed by atoms with Gasteiger partial charge in [-0.3, -0.25) is 4.79 Å². The van der Waals surface area contributed by atoms with Crippen molar-refractivity contribution in [2.75, 3.05) is 7.05 Å². The minimum atomic E-state index is -0.0751. The van der Waals surface area contributed by atoms with Gasteiger partial charge in [0.15, 0.2) is 5.82 Å². The first-order valence-corrected chi connectivity index (χ1v) is 6.23. The number of aromatic amines is 1. The molecule has 1 aliphatic heterocycles. The van der Waals surface area contributed by atoms with Gasteiger partial charge in [-0.1, -0.05) is 0 Å². The Morgan fingerprint density at radius 1 is 1.53 bits per heavy atom. The second-order valence-corrected chi connectivity index (χ2v) is 4.99. The molecule has 6 heteroatoms. The molecular formula is C11H12N4OS. The lowest BCUT2D eigenvalue weighted by atomic mass is 10.3. The van der Waals surface area contributed by atoms with Crippen molar-refractivity contribution >= 4 is 27.3 Å². The molecule has 1 atom stereocenters. The van der Waals surface area contributed by atoms with Crippen LogP contribution < -0.4 is 11.0 Å². The molecule has 0 fully saturated rings. The standard InChI is InChI=1S/C11H12N4OS/c1-6-5-8(15(2)14-6)10-12-7-3-4-17-9(7)11(16)13-10/h3-6,14H,1-2H3,(H,12,13,16). The Morgan fingerprint density at radius 2 is 2.35 bits per heavy atom. The van der Waals surface area contributed by atoms with Crippen molar-refractivity contribution in [2.45, 2.75) is 13.0 Å². The third kappa shape index (κ3) is 1.65. The average Bonchev–Trinajstić information content (AvgIpc) is 2.84. The van der Waals surface area contributed by atoms with Gasteiger partial charge >= 0.3 is 0 Å². The van der Waals surface area contributed by atoms with Crippen LogP contribution in [0.4, 0.5) is 0 Å². The molecule has 5 nitrogen and oxygen atoms in total. The number of nitrogens with one attached hydrogen (secondary N) is 2. The lowest BCUT2D eigenvalue weighted by Gasteiger charge is -2.16. The van der Waals surface area contributed by atoms with Gasteiger partial charge in [0.1, 0.15) is 4.70 Å². The van der Waals surface area contributed by atoms with E-state index in [1.54, 1.807) is 0 Å². The molecule has 2 aromatic rings. The maximum atomic E-state index is 11.9. The van der Waals surface area contributed by atoms with Crippen molar-refractivity contribution in [1.82, 2.24) is 20.4 Å². The molecule has 0 saturated heterocycles. The van der Waals surface area contributed by atoms with Crippen LogP contribution in [-0.2, 0) is 0 Å². The summed E-state index contributed by atoms with van der Waals surface area (Å²) < 4.78 is 0.677. The molecule has 0 amide bonds. The van der Waals surface area contributed by atoms with Crippen molar-refractivity contribution in [2.24, 2.45) is 0 Å². The first kappa shape index (κ1) is 10.5. The zero-order valence-corrected chi connectivity index (χ0v) is 10.3. The number of fused-ring (bicyclic) bond motifs is 1. The molecule has 2 N–H and O–H groups in total. The summed E-state index contributed by atoms with van der Waals surface area (Å²) in [7, 11) is 1.91. The van der Waals surface area contributed by atoms with Crippen LogP contribution in [0, 0.1) is 0 Å². The van der Waals surface area contributed by atoms with Crippen molar-refractivity contribution in [3.63, 3.8) is 0 Å². The Labute approximate surface area is 102 Å². The van der Waals surface area contributed by atoms with E-state index in [-0.39, 0.29) is 11.6 Å². The fourth-order valence-electron chi connectivity index (χ4n) is 1.99. The number of nitrogens with zero attached hydrogens (tertiary/aromatic N) is 2. The molecule has 0 spiro atoms. The lowest BCUT2D eigenvalue weighted by Crippen LogP contribution is -2.32. The van der Waals surface area contributed by atoms with Gasteiger partial charge in [0.2, 0.25) is 0 Å². The summed E-state index contributed by atoms with van der Waals surface area (Å²) in [6.07, 6.45) is 2.04. The Hall–Kier alpha value is -1.66. The predicted octanol–water partition coefficient (Wildman–Crippen LogP) is 1.16.